The molecule has 0 rings (SSSR count). The standard InChI is InChI=1S/C2H3F3O2S/c3-1-2(4)6-7-8-5/h2H,1H2. The second-order valence-electron chi connectivity index (χ2n) is 0.792. The second kappa shape index (κ2) is 5.20. The van der Waals surface area contributed by atoms with Crippen LogP contribution in [0.5, 0.6) is 0 Å². The smallest absolute Gasteiger partial charge is 0.245 e. The summed E-state index contributed by atoms with van der Waals surface area (Å²) >= 11 is -0.684. The van der Waals surface area contributed by atoms with Crippen LogP contribution in [0, 0.1) is 0 Å². The number of alkyl halides is 2. The fourth-order valence-electron chi connectivity index (χ4n) is 0.0832. The lowest BCUT2D eigenvalue weighted by Crippen LogP contribution is -2.05. The Labute approximate surface area is 48.4 Å². The molecule has 0 fully saturated rings. The highest BCUT2D eigenvalue weighted by Crippen LogP contribution is 2.06. The molecule has 0 radical (unpaired) electrons. The van der Waals surface area contributed by atoms with Gasteiger partial charge in [0.25, 0.3) is 6.36 Å². The Morgan fingerprint density at radius 3 is 2.62 bits per heavy atom. The molecule has 0 aliphatic rings. The van der Waals surface area contributed by atoms with Gasteiger partial charge in [0.1, 0.15) is 6.67 Å². The lowest BCUT2D eigenvalue weighted by atomic mass is 10.8. The maximum absolute atomic E-state index is 11.4. The van der Waals surface area contributed by atoms with Crippen LogP contribution in [0.25, 0.3) is 0 Å². The quantitative estimate of drug-likeness (QED) is 0.343. The molecule has 0 bridgehead atoms. The van der Waals surface area contributed by atoms with Gasteiger partial charge < -0.3 is 0 Å². The highest BCUT2D eigenvalue weighted by molar-refractivity contribution is 7.89. The molecule has 0 saturated heterocycles. The number of rotatable bonds is 4. The fraction of sp³-hybridized carbons (Fsp3) is 1.00. The summed E-state index contributed by atoms with van der Waals surface area (Å²) in [4.78, 5) is 3.39. The summed E-state index contributed by atoms with van der Waals surface area (Å²) in [5.41, 5.74) is 0. The van der Waals surface area contributed by atoms with Gasteiger partial charge in [-0.1, -0.05) is 0 Å². The summed E-state index contributed by atoms with van der Waals surface area (Å²) in [5, 5.41) is 0. The molecule has 0 spiro atoms. The highest BCUT2D eigenvalue weighted by atomic mass is 32.2. The van der Waals surface area contributed by atoms with Crippen molar-refractivity contribution in [1.82, 2.24) is 0 Å². The predicted molar refractivity (Wildman–Crippen MR) is 21.7 cm³/mol. The molecule has 0 aliphatic heterocycles. The third-order valence-corrected chi connectivity index (χ3v) is 0.421. The summed E-state index contributed by atoms with van der Waals surface area (Å²) in [6, 6.07) is 0. The Balaban J connectivity index is 2.86. The van der Waals surface area contributed by atoms with Crippen LogP contribution < -0.4 is 0 Å². The monoisotopic (exact) mass is 148 g/mol. The van der Waals surface area contributed by atoms with Crippen LogP contribution in [0.15, 0.2) is 0 Å². The molecule has 1 unspecified atom stereocenters. The van der Waals surface area contributed by atoms with Gasteiger partial charge in [0.2, 0.25) is 12.4 Å². The van der Waals surface area contributed by atoms with Gasteiger partial charge in [-0.25, -0.2) is 8.78 Å². The molecule has 0 aliphatic carbocycles. The highest BCUT2D eigenvalue weighted by Gasteiger charge is 2.05. The molecule has 0 aromatic heterocycles. The zero-order chi connectivity index (χ0) is 6.41. The topological polar surface area (TPSA) is 18.5 Å². The summed E-state index contributed by atoms with van der Waals surface area (Å²) in [7, 11) is 0. The molecule has 50 valence electrons. The van der Waals surface area contributed by atoms with E-state index in [1.165, 1.54) is 0 Å². The van der Waals surface area contributed by atoms with Gasteiger partial charge >= 0.3 is 0 Å². The SMILES string of the molecule is FCC(F)OOSF. The van der Waals surface area contributed by atoms with Crippen LogP contribution in [-0.2, 0) is 9.22 Å². The number of hydrogen-bond donors (Lipinski definition) is 0. The van der Waals surface area contributed by atoms with Crippen LogP contribution in [0.4, 0.5) is 12.7 Å². The lowest BCUT2D eigenvalue weighted by molar-refractivity contribution is -0.275. The first-order chi connectivity index (χ1) is 3.81. The molecule has 0 N–H and O–H groups in total. The zero-order valence-corrected chi connectivity index (χ0v) is 4.46. The number of halogens is 3. The van der Waals surface area contributed by atoms with E-state index in [9.17, 15) is 12.7 Å². The van der Waals surface area contributed by atoms with Crippen molar-refractivity contribution in [2.75, 3.05) is 6.67 Å². The molecular formula is C2H3F3O2S. The third kappa shape index (κ3) is 4.23. The van der Waals surface area contributed by atoms with Gasteiger partial charge in [0.05, 0.1) is 0 Å². The molecule has 2 nitrogen and oxygen atoms in total. The van der Waals surface area contributed by atoms with Crippen molar-refractivity contribution < 1.29 is 21.9 Å². The van der Waals surface area contributed by atoms with E-state index in [4.69, 9.17) is 0 Å². The lowest BCUT2D eigenvalue weighted by Gasteiger charge is -1.97. The summed E-state index contributed by atoms with van der Waals surface area (Å²) in [5.74, 6) is 0. The molecule has 0 aromatic rings. The van der Waals surface area contributed by atoms with E-state index in [0.717, 1.165) is 0 Å². The van der Waals surface area contributed by atoms with E-state index in [1.807, 2.05) is 0 Å². The van der Waals surface area contributed by atoms with Crippen LogP contribution >= 0.6 is 12.4 Å². The fourth-order valence-corrected chi connectivity index (χ4v) is 0.198. The molecule has 6 heteroatoms. The van der Waals surface area contributed by atoms with Gasteiger partial charge in [0.15, 0.2) is 0 Å². The van der Waals surface area contributed by atoms with Gasteiger partial charge in [-0.3, -0.25) is 0 Å². The van der Waals surface area contributed by atoms with Crippen molar-refractivity contribution >= 4 is 12.4 Å². The molecule has 0 saturated carbocycles. The van der Waals surface area contributed by atoms with E-state index in [-0.39, 0.29) is 0 Å². The first-order valence-electron chi connectivity index (χ1n) is 1.62. The average Bonchev–Trinajstić information content (AvgIpc) is 1.83. The van der Waals surface area contributed by atoms with E-state index in [0.29, 0.717) is 0 Å². The van der Waals surface area contributed by atoms with Gasteiger partial charge in [-0.2, -0.15) is 4.89 Å². The van der Waals surface area contributed by atoms with Crippen molar-refractivity contribution in [3.05, 3.63) is 0 Å². The van der Waals surface area contributed by atoms with Crippen LogP contribution in [0.2, 0.25) is 0 Å². The summed E-state index contributed by atoms with van der Waals surface area (Å²) in [6.07, 6.45) is -2.20. The first kappa shape index (κ1) is 8.06. The maximum Gasteiger partial charge on any atom is 0.260 e. The molecule has 0 amide bonds. The largest absolute Gasteiger partial charge is 0.260 e. The van der Waals surface area contributed by atoms with Crippen LogP contribution in [-0.4, -0.2) is 13.0 Å². The van der Waals surface area contributed by atoms with Crippen LogP contribution in [0.1, 0.15) is 0 Å². The number of hydrogen-bond acceptors (Lipinski definition) is 3. The van der Waals surface area contributed by atoms with E-state index >= 15 is 0 Å². The predicted octanol–water partition coefficient (Wildman–Crippen LogP) is 1.73. The summed E-state index contributed by atoms with van der Waals surface area (Å²) < 4.78 is 36.5. The summed E-state index contributed by atoms with van der Waals surface area (Å²) in [6.45, 7) is -1.35. The van der Waals surface area contributed by atoms with Gasteiger partial charge in [0, 0.05) is 0 Å². The zero-order valence-electron chi connectivity index (χ0n) is 3.64. The Hall–Kier alpha value is 0.0600. The van der Waals surface area contributed by atoms with Crippen molar-refractivity contribution in [3.63, 3.8) is 0 Å². The Kier molecular flexibility index (Phi) is 5.24. The average molecular weight is 148 g/mol. The minimum atomic E-state index is -2.20. The van der Waals surface area contributed by atoms with Crippen molar-refractivity contribution in [3.8, 4) is 0 Å². The van der Waals surface area contributed by atoms with Crippen molar-refractivity contribution in [2.45, 2.75) is 6.36 Å². The van der Waals surface area contributed by atoms with Gasteiger partial charge in [-0.15, -0.1) is 8.22 Å². The molecular weight excluding hydrogens is 145 g/mol. The van der Waals surface area contributed by atoms with E-state index in [1.54, 1.807) is 0 Å². The van der Waals surface area contributed by atoms with E-state index in [2.05, 4.69) is 9.22 Å². The first-order valence-corrected chi connectivity index (χ1v) is 2.26. The van der Waals surface area contributed by atoms with E-state index < -0.39 is 25.5 Å². The van der Waals surface area contributed by atoms with Crippen molar-refractivity contribution in [2.24, 2.45) is 0 Å². The Morgan fingerprint density at radius 2 is 2.25 bits per heavy atom. The Morgan fingerprint density at radius 1 is 1.62 bits per heavy atom. The molecule has 0 aromatic carbocycles. The minimum absolute atomic E-state index is 0.684. The normalized spacial score (nSPS) is 13.9. The maximum atomic E-state index is 11.4. The molecule has 8 heavy (non-hydrogen) atoms. The van der Waals surface area contributed by atoms with Gasteiger partial charge in [-0.05, 0) is 0 Å². The Bertz CT molecular complexity index is 54.5. The van der Waals surface area contributed by atoms with Crippen molar-refractivity contribution in [1.29, 1.82) is 0 Å². The third-order valence-electron chi connectivity index (χ3n) is 0.291. The minimum Gasteiger partial charge on any atom is -0.245 e. The molecule has 1 atom stereocenters. The molecule has 0 heterocycles. The second-order valence-corrected chi connectivity index (χ2v) is 1.05. The van der Waals surface area contributed by atoms with Crippen LogP contribution in [0.3, 0.4) is 0 Å².